The van der Waals surface area contributed by atoms with Crippen LogP contribution in [0, 0.1) is 0 Å². The van der Waals surface area contributed by atoms with E-state index in [2.05, 4.69) is 10.3 Å². The Morgan fingerprint density at radius 1 is 1.21 bits per heavy atom. The molecule has 28 heavy (non-hydrogen) atoms. The number of amides is 1. The third kappa shape index (κ3) is 5.12. The number of ether oxygens (including phenoxy) is 2. The number of methoxy groups -OCH3 is 1. The van der Waals surface area contributed by atoms with Gasteiger partial charge in [-0.2, -0.15) is 0 Å². The van der Waals surface area contributed by atoms with Crippen LogP contribution in [0.15, 0.2) is 53.9 Å². The molecule has 3 aromatic rings. The number of aromatic nitrogens is 1. The second kappa shape index (κ2) is 9.39. The SMILES string of the molecule is CCOc1ccc(C=CC(=O)Nc2nc(-c3ccc(Cl)cc3)cs2)cc1OC. The number of rotatable bonds is 7. The number of carbonyl (C=O) groups excluding carboxylic acids is 1. The molecule has 0 saturated carbocycles. The molecule has 1 heterocycles. The minimum atomic E-state index is -0.259. The van der Waals surface area contributed by atoms with Gasteiger partial charge in [0, 0.05) is 22.0 Å². The summed E-state index contributed by atoms with van der Waals surface area (Å²) in [6.45, 7) is 2.47. The first-order valence-corrected chi connectivity index (χ1v) is 9.86. The van der Waals surface area contributed by atoms with Gasteiger partial charge < -0.3 is 9.47 Å². The van der Waals surface area contributed by atoms with Crippen LogP contribution in [0.5, 0.6) is 11.5 Å². The quantitative estimate of drug-likeness (QED) is 0.517. The Kier molecular flexibility index (Phi) is 6.68. The zero-order chi connectivity index (χ0) is 19.9. The summed E-state index contributed by atoms with van der Waals surface area (Å²) in [6.07, 6.45) is 3.17. The van der Waals surface area contributed by atoms with E-state index in [1.807, 2.05) is 54.8 Å². The third-order valence-electron chi connectivity index (χ3n) is 3.79. The first-order chi connectivity index (χ1) is 13.6. The van der Waals surface area contributed by atoms with Crippen LogP contribution in [-0.2, 0) is 4.79 Å². The van der Waals surface area contributed by atoms with Gasteiger partial charge in [0.1, 0.15) is 0 Å². The molecular formula is C21H19ClN2O3S. The maximum absolute atomic E-state index is 12.2. The molecule has 5 nitrogen and oxygen atoms in total. The number of halogens is 1. The van der Waals surface area contributed by atoms with Gasteiger partial charge in [0.15, 0.2) is 16.6 Å². The Bertz CT molecular complexity index is 984. The number of thiazole rings is 1. The molecule has 0 bridgehead atoms. The largest absolute Gasteiger partial charge is 0.493 e. The number of carbonyl (C=O) groups is 1. The van der Waals surface area contributed by atoms with Crippen LogP contribution in [0.2, 0.25) is 5.02 Å². The fraction of sp³-hybridized carbons (Fsp3) is 0.143. The van der Waals surface area contributed by atoms with E-state index in [9.17, 15) is 4.79 Å². The number of hydrogen-bond donors (Lipinski definition) is 1. The summed E-state index contributed by atoms with van der Waals surface area (Å²) < 4.78 is 10.8. The second-order valence-electron chi connectivity index (χ2n) is 5.71. The van der Waals surface area contributed by atoms with Gasteiger partial charge in [-0.15, -0.1) is 11.3 Å². The molecule has 0 atom stereocenters. The molecule has 1 amide bonds. The van der Waals surface area contributed by atoms with Crippen LogP contribution in [0.1, 0.15) is 12.5 Å². The van der Waals surface area contributed by atoms with Crippen molar-refractivity contribution in [1.82, 2.24) is 4.98 Å². The van der Waals surface area contributed by atoms with Crippen molar-refractivity contribution in [1.29, 1.82) is 0 Å². The van der Waals surface area contributed by atoms with Crippen LogP contribution >= 0.6 is 22.9 Å². The van der Waals surface area contributed by atoms with Crippen molar-refractivity contribution in [3.8, 4) is 22.8 Å². The van der Waals surface area contributed by atoms with Gasteiger partial charge >= 0.3 is 0 Å². The van der Waals surface area contributed by atoms with Gasteiger partial charge in [-0.3, -0.25) is 10.1 Å². The standard InChI is InChI=1S/C21H19ClN2O3S/c1-3-27-18-10-4-14(12-19(18)26-2)5-11-20(25)24-21-23-17(13-28-21)15-6-8-16(22)9-7-15/h4-13H,3H2,1-2H3,(H,23,24,25). The summed E-state index contributed by atoms with van der Waals surface area (Å²) in [5.74, 6) is 1.03. The monoisotopic (exact) mass is 414 g/mol. The molecule has 2 aromatic carbocycles. The van der Waals surface area contributed by atoms with Crippen molar-refractivity contribution in [3.05, 3.63) is 64.5 Å². The minimum absolute atomic E-state index is 0.259. The van der Waals surface area contributed by atoms with Crippen molar-refractivity contribution in [3.63, 3.8) is 0 Å². The van der Waals surface area contributed by atoms with E-state index >= 15 is 0 Å². The van der Waals surface area contributed by atoms with Crippen LogP contribution in [0.3, 0.4) is 0 Å². The lowest BCUT2D eigenvalue weighted by molar-refractivity contribution is -0.111. The summed E-state index contributed by atoms with van der Waals surface area (Å²) in [4.78, 5) is 16.6. The fourth-order valence-electron chi connectivity index (χ4n) is 2.47. The molecule has 3 rings (SSSR count). The molecule has 0 saturated heterocycles. The highest BCUT2D eigenvalue weighted by Crippen LogP contribution is 2.29. The predicted molar refractivity (Wildman–Crippen MR) is 114 cm³/mol. The summed E-state index contributed by atoms with van der Waals surface area (Å²) in [6, 6.07) is 12.9. The average Bonchev–Trinajstić information content (AvgIpc) is 3.16. The summed E-state index contributed by atoms with van der Waals surface area (Å²) in [7, 11) is 1.58. The van der Waals surface area contributed by atoms with Gasteiger partial charge in [-0.1, -0.05) is 29.8 Å². The first-order valence-electron chi connectivity index (χ1n) is 8.60. The third-order valence-corrected chi connectivity index (χ3v) is 4.80. The predicted octanol–water partition coefficient (Wildman–Crippen LogP) is 5.52. The number of hydrogen-bond acceptors (Lipinski definition) is 5. The summed E-state index contributed by atoms with van der Waals surface area (Å²) in [5.41, 5.74) is 2.56. The van der Waals surface area contributed by atoms with Gasteiger partial charge in [-0.05, 0) is 42.8 Å². The van der Waals surface area contributed by atoms with E-state index in [4.69, 9.17) is 21.1 Å². The van der Waals surface area contributed by atoms with E-state index in [1.54, 1.807) is 13.2 Å². The molecule has 144 valence electrons. The molecule has 0 unspecified atom stereocenters. The van der Waals surface area contributed by atoms with Crippen molar-refractivity contribution < 1.29 is 14.3 Å². The Labute approximate surface area is 172 Å². The Morgan fingerprint density at radius 3 is 2.71 bits per heavy atom. The molecule has 0 aliphatic rings. The minimum Gasteiger partial charge on any atom is -0.493 e. The molecule has 1 N–H and O–H groups in total. The maximum Gasteiger partial charge on any atom is 0.250 e. The van der Waals surface area contributed by atoms with E-state index in [0.29, 0.717) is 28.3 Å². The van der Waals surface area contributed by atoms with E-state index in [0.717, 1.165) is 16.8 Å². The molecule has 1 aromatic heterocycles. The molecule has 0 spiro atoms. The molecular weight excluding hydrogens is 396 g/mol. The summed E-state index contributed by atoms with van der Waals surface area (Å²) >= 11 is 7.27. The Morgan fingerprint density at radius 2 is 2.00 bits per heavy atom. The maximum atomic E-state index is 12.2. The average molecular weight is 415 g/mol. The normalized spacial score (nSPS) is 10.8. The smallest absolute Gasteiger partial charge is 0.250 e. The van der Waals surface area contributed by atoms with Crippen LogP contribution in [0.25, 0.3) is 17.3 Å². The van der Waals surface area contributed by atoms with E-state index in [-0.39, 0.29) is 5.91 Å². The van der Waals surface area contributed by atoms with E-state index < -0.39 is 0 Å². The highest BCUT2D eigenvalue weighted by Gasteiger charge is 2.07. The molecule has 7 heteroatoms. The highest BCUT2D eigenvalue weighted by molar-refractivity contribution is 7.14. The lowest BCUT2D eigenvalue weighted by Crippen LogP contribution is -2.07. The van der Waals surface area contributed by atoms with Crippen LogP contribution in [-0.4, -0.2) is 24.6 Å². The first kappa shape index (κ1) is 19.9. The zero-order valence-corrected chi connectivity index (χ0v) is 17.0. The van der Waals surface area contributed by atoms with Crippen molar-refractivity contribution in [2.75, 3.05) is 19.0 Å². The molecule has 0 fully saturated rings. The molecule has 0 aliphatic carbocycles. The van der Waals surface area contributed by atoms with Gasteiger partial charge in [0.25, 0.3) is 0 Å². The van der Waals surface area contributed by atoms with Gasteiger partial charge in [0.05, 0.1) is 19.4 Å². The number of nitrogens with zero attached hydrogens (tertiary/aromatic N) is 1. The lowest BCUT2D eigenvalue weighted by Gasteiger charge is -2.09. The van der Waals surface area contributed by atoms with Crippen molar-refractivity contribution >= 4 is 40.1 Å². The number of anilines is 1. The Hall–Kier alpha value is -2.83. The van der Waals surface area contributed by atoms with Gasteiger partial charge in [-0.25, -0.2) is 4.98 Å². The number of nitrogens with one attached hydrogen (secondary N) is 1. The number of benzene rings is 2. The lowest BCUT2D eigenvalue weighted by atomic mass is 10.2. The Balaban J connectivity index is 1.65. The van der Waals surface area contributed by atoms with E-state index in [1.165, 1.54) is 17.4 Å². The van der Waals surface area contributed by atoms with Gasteiger partial charge in [0.2, 0.25) is 5.91 Å². The topological polar surface area (TPSA) is 60.5 Å². The molecule has 0 radical (unpaired) electrons. The summed E-state index contributed by atoms with van der Waals surface area (Å²) in [5, 5.41) is 5.86. The second-order valence-corrected chi connectivity index (χ2v) is 7.01. The van der Waals surface area contributed by atoms with Crippen LogP contribution < -0.4 is 14.8 Å². The zero-order valence-electron chi connectivity index (χ0n) is 15.4. The van der Waals surface area contributed by atoms with Crippen molar-refractivity contribution in [2.45, 2.75) is 6.92 Å². The fourth-order valence-corrected chi connectivity index (χ4v) is 3.31. The van der Waals surface area contributed by atoms with Crippen molar-refractivity contribution in [2.24, 2.45) is 0 Å². The molecule has 0 aliphatic heterocycles. The van der Waals surface area contributed by atoms with Crippen LogP contribution in [0.4, 0.5) is 5.13 Å². The highest BCUT2D eigenvalue weighted by atomic mass is 35.5.